The van der Waals surface area contributed by atoms with E-state index >= 15 is 0 Å². The number of ether oxygens (including phenoxy) is 2. The molecule has 1 aliphatic rings. The van der Waals surface area contributed by atoms with Crippen LogP contribution >= 0.6 is 0 Å². The van der Waals surface area contributed by atoms with Gasteiger partial charge < -0.3 is 34.9 Å². The molecule has 0 amide bonds. The second kappa shape index (κ2) is 9.94. The van der Waals surface area contributed by atoms with E-state index in [0.717, 1.165) is 66.3 Å². The number of likely N-dealkylation sites (N-methyl/N-ethyl adjacent to an activating group) is 2. The van der Waals surface area contributed by atoms with Crippen LogP contribution in [0.15, 0.2) is 48.8 Å². The van der Waals surface area contributed by atoms with Crippen LogP contribution in [0, 0.1) is 0 Å². The van der Waals surface area contributed by atoms with Crippen LogP contribution in [0.2, 0.25) is 0 Å². The molecule has 2 aromatic carbocycles. The van der Waals surface area contributed by atoms with Crippen molar-refractivity contribution in [3.63, 3.8) is 0 Å². The summed E-state index contributed by atoms with van der Waals surface area (Å²) in [4.78, 5) is 13.6. The molecule has 5 rings (SSSR count). The van der Waals surface area contributed by atoms with Crippen molar-refractivity contribution in [1.82, 2.24) is 19.4 Å². The van der Waals surface area contributed by atoms with Gasteiger partial charge >= 0.3 is 0 Å². The maximum Gasteiger partial charge on any atom is 0.227 e. The van der Waals surface area contributed by atoms with E-state index in [0.29, 0.717) is 23.1 Å². The van der Waals surface area contributed by atoms with Gasteiger partial charge in [-0.3, -0.25) is 0 Å². The molecule has 0 fully saturated rings. The van der Waals surface area contributed by atoms with E-state index in [-0.39, 0.29) is 0 Å². The van der Waals surface area contributed by atoms with Gasteiger partial charge in [0.2, 0.25) is 5.95 Å². The molecule has 9 heteroatoms. The summed E-state index contributed by atoms with van der Waals surface area (Å²) < 4.78 is 13.9. The number of nitrogens with zero attached hydrogens (tertiary/aromatic N) is 5. The number of nitrogens with one attached hydrogen (secondary N) is 1. The molecule has 0 unspecified atom stereocenters. The molecular formula is C27H33N7O2. The lowest BCUT2D eigenvalue weighted by Crippen LogP contribution is -2.29. The smallest absolute Gasteiger partial charge is 0.227 e. The van der Waals surface area contributed by atoms with Crippen LogP contribution in [0.3, 0.4) is 0 Å². The first-order valence-corrected chi connectivity index (χ1v) is 12.1. The molecule has 0 bridgehead atoms. The molecule has 1 aliphatic heterocycles. The Bertz CT molecular complexity index is 1380. The van der Waals surface area contributed by atoms with Crippen LogP contribution in [-0.4, -0.2) is 67.4 Å². The number of hydrogen-bond acceptors (Lipinski definition) is 8. The van der Waals surface area contributed by atoms with Crippen molar-refractivity contribution in [3.8, 4) is 22.8 Å². The van der Waals surface area contributed by atoms with Crippen molar-refractivity contribution in [2.45, 2.75) is 13.0 Å². The summed E-state index contributed by atoms with van der Waals surface area (Å²) in [5, 5.41) is 4.42. The first-order valence-electron chi connectivity index (χ1n) is 12.1. The number of hydrogen-bond donors (Lipinski definition) is 2. The Morgan fingerprint density at radius 1 is 1.17 bits per heavy atom. The lowest BCUT2D eigenvalue weighted by molar-refractivity contribution is 0.316. The summed E-state index contributed by atoms with van der Waals surface area (Å²) in [5.41, 5.74) is 11.7. The Balaban J connectivity index is 1.46. The van der Waals surface area contributed by atoms with E-state index in [1.165, 1.54) is 0 Å². The lowest BCUT2D eigenvalue weighted by atomic mass is 10.1. The fourth-order valence-electron chi connectivity index (χ4n) is 4.58. The minimum absolute atomic E-state index is 0.472. The fourth-order valence-corrected chi connectivity index (χ4v) is 4.58. The number of nitrogen functional groups attached to an aromatic ring is 1. The standard InChI is InChI=1S/C27H33N7O2/c1-32(2)12-13-33(3)23-16-25(35-4)22(15-20(23)28)31-27-29-10-9-21(30-27)19-17-34-11-6-14-36-24-8-5-7-18(19)26(24)34/h5,7-10,15-17H,6,11-14,28H2,1-4H3,(H,29,30,31). The highest BCUT2D eigenvalue weighted by atomic mass is 16.5. The highest BCUT2D eigenvalue weighted by Gasteiger charge is 2.18. The number of methoxy groups -OCH3 is 1. The molecule has 3 heterocycles. The predicted molar refractivity (Wildman–Crippen MR) is 146 cm³/mol. The molecule has 0 radical (unpaired) electrons. The van der Waals surface area contributed by atoms with Crippen molar-refractivity contribution in [3.05, 3.63) is 48.8 Å². The van der Waals surface area contributed by atoms with Crippen molar-refractivity contribution in [1.29, 1.82) is 0 Å². The second-order valence-corrected chi connectivity index (χ2v) is 9.32. The summed E-state index contributed by atoms with van der Waals surface area (Å²) in [6, 6.07) is 11.9. The Morgan fingerprint density at radius 3 is 2.83 bits per heavy atom. The minimum atomic E-state index is 0.472. The first-order chi connectivity index (χ1) is 17.4. The fraction of sp³-hybridized carbons (Fsp3) is 0.333. The van der Waals surface area contributed by atoms with E-state index in [9.17, 15) is 0 Å². The quantitative estimate of drug-likeness (QED) is 0.357. The molecule has 3 N–H and O–H groups in total. The molecule has 36 heavy (non-hydrogen) atoms. The number of rotatable bonds is 8. The molecular weight excluding hydrogens is 454 g/mol. The van der Waals surface area contributed by atoms with Gasteiger partial charge in [-0.2, -0.15) is 0 Å². The van der Waals surface area contributed by atoms with Crippen molar-refractivity contribution in [2.24, 2.45) is 0 Å². The topological polar surface area (TPSA) is 93.7 Å². The summed E-state index contributed by atoms with van der Waals surface area (Å²) in [6.45, 7) is 3.41. The number of aromatic nitrogens is 3. The van der Waals surface area contributed by atoms with Gasteiger partial charge in [0.05, 0.1) is 42.0 Å². The van der Waals surface area contributed by atoms with Gasteiger partial charge in [-0.15, -0.1) is 0 Å². The SMILES string of the molecule is COc1cc(N(C)CCN(C)C)c(N)cc1Nc1nccc(-c2cn3c4c(cccc24)OCCC3)n1. The van der Waals surface area contributed by atoms with Gasteiger partial charge in [-0.1, -0.05) is 12.1 Å². The van der Waals surface area contributed by atoms with E-state index in [4.69, 9.17) is 20.2 Å². The van der Waals surface area contributed by atoms with Crippen LogP contribution in [-0.2, 0) is 6.54 Å². The third-order valence-corrected chi connectivity index (χ3v) is 6.48. The van der Waals surface area contributed by atoms with Gasteiger partial charge in [0.25, 0.3) is 0 Å². The minimum Gasteiger partial charge on any atom is -0.494 e. The zero-order valence-corrected chi connectivity index (χ0v) is 21.3. The number of anilines is 4. The molecule has 0 saturated heterocycles. The zero-order chi connectivity index (χ0) is 25.2. The largest absolute Gasteiger partial charge is 0.494 e. The van der Waals surface area contributed by atoms with Gasteiger partial charge in [-0.25, -0.2) is 9.97 Å². The summed E-state index contributed by atoms with van der Waals surface area (Å²) >= 11 is 0. The summed E-state index contributed by atoms with van der Waals surface area (Å²) in [5.74, 6) is 2.06. The molecule has 0 saturated carbocycles. The van der Waals surface area contributed by atoms with Crippen LogP contribution in [0.1, 0.15) is 6.42 Å². The Kier molecular flexibility index (Phi) is 6.56. The molecule has 0 spiro atoms. The van der Waals surface area contributed by atoms with Crippen molar-refractivity contribution >= 4 is 33.9 Å². The van der Waals surface area contributed by atoms with E-state index in [2.05, 4.69) is 51.0 Å². The Hall–Kier alpha value is -3.98. The molecule has 188 valence electrons. The predicted octanol–water partition coefficient (Wildman–Crippen LogP) is 4.21. The summed E-state index contributed by atoms with van der Waals surface area (Å²) in [7, 11) is 7.78. The molecule has 4 aromatic rings. The van der Waals surface area contributed by atoms with Crippen molar-refractivity contribution in [2.75, 3.05) is 63.9 Å². The highest BCUT2D eigenvalue weighted by Crippen LogP contribution is 2.38. The third kappa shape index (κ3) is 4.61. The van der Waals surface area contributed by atoms with Crippen molar-refractivity contribution < 1.29 is 9.47 Å². The van der Waals surface area contributed by atoms with Gasteiger partial charge in [0.15, 0.2) is 0 Å². The lowest BCUT2D eigenvalue weighted by Gasteiger charge is -2.24. The Morgan fingerprint density at radius 2 is 2.03 bits per heavy atom. The molecule has 2 aromatic heterocycles. The van der Waals surface area contributed by atoms with Crippen LogP contribution in [0.4, 0.5) is 23.0 Å². The number of aryl methyl sites for hydroxylation is 1. The first kappa shape index (κ1) is 23.7. The van der Waals surface area contributed by atoms with Crippen LogP contribution in [0.25, 0.3) is 22.2 Å². The molecule has 0 aliphatic carbocycles. The highest BCUT2D eigenvalue weighted by molar-refractivity contribution is 5.98. The third-order valence-electron chi connectivity index (χ3n) is 6.48. The van der Waals surface area contributed by atoms with Gasteiger partial charge in [0, 0.05) is 56.1 Å². The van der Waals surface area contributed by atoms with Gasteiger partial charge in [-0.05, 0) is 38.7 Å². The number of benzene rings is 2. The van der Waals surface area contributed by atoms with Gasteiger partial charge in [0.1, 0.15) is 11.5 Å². The maximum absolute atomic E-state index is 6.43. The average molecular weight is 488 g/mol. The number of nitrogens with two attached hydrogens (primary N) is 1. The average Bonchev–Trinajstić information content (AvgIpc) is 3.11. The second-order valence-electron chi connectivity index (χ2n) is 9.32. The zero-order valence-electron chi connectivity index (χ0n) is 21.3. The van der Waals surface area contributed by atoms with E-state index in [1.54, 1.807) is 13.3 Å². The molecule has 0 atom stereocenters. The molecule has 9 nitrogen and oxygen atoms in total. The monoisotopic (exact) mass is 487 g/mol. The van der Waals surface area contributed by atoms with Crippen LogP contribution in [0.5, 0.6) is 11.5 Å². The maximum atomic E-state index is 6.43. The normalized spacial score (nSPS) is 12.9. The van der Waals surface area contributed by atoms with E-state index < -0.39 is 0 Å². The van der Waals surface area contributed by atoms with Crippen LogP contribution < -0.4 is 25.4 Å². The Labute approximate surface area is 211 Å². The summed E-state index contributed by atoms with van der Waals surface area (Å²) in [6.07, 6.45) is 4.89. The number of para-hydroxylation sites is 1. The van der Waals surface area contributed by atoms with E-state index in [1.807, 2.05) is 37.4 Å².